The summed E-state index contributed by atoms with van der Waals surface area (Å²) >= 11 is 6.74. The number of nitrogens with one attached hydrogen (secondary N) is 2. The molecule has 0 radical (unpaired) electrons. The van der Waals surface area contributed by atoms with E-state index in [-0.39, 0.29) is 23.2 Å². The number of ketones is 2. The van der Waals surface area contributed by atoms with Crippen molar-refractivity contribution in [1.29, 1.82) is 0 Å². The molecule has 4 rings (SSSR count). The molecule has 1 aliphatic carbocycles. The Balaban J connectivity index is 1.55. The fourth-order valence-electron chi connectivity index (χ4n) is 3.11. The summed E-state index contributed by atoms with van der Waals surface area (Å²) in [6.45, 7) is 0. The van der Waals surface area contributed by atoms with Crippen LogP contribution in [0.4, 0.5) is 11.4 Å². The topological polar surface area (TPSA) is 75.3 Å². The van der Waals surface area contributed by atoms with Crippen molar-refractivity contribution in [2.75, 3.05) is 10.6 Å². The highest BCUT2D eigenvalue weighted by Crippen LogP contribution is 2.26. The van der Waals surface area contributed by atoms with Crippen molar-refractivity contribution >= 4 is 60.7 Å². The number of carbonyl (C=O) groups is 3. The van der Waals surface area contributed by atoms with Crippen LogP contribution in [0.15, 0.2) is 87.4 Å². The summed E-state index contributed by atoms with van der Waals surface area (Å²) in [5.74, 6) is -0.758. The number of halogens is 2. The quantitative estimate of drug-likeness (QED) is 0.448. The van der Waals surface area contributed by atoms with Gasteiger partial charge in [0.25, 0.3) is 5.91 Å². The van der Waals surface area contributed by atoms with E-state index in [0.29, 0.717) is 32.5 Å². The highest BCUT2D eigenvalue weighted by atomic mass is 79.9. The Bertz CT molecular complexity index is 1230. The van der Waals surface area contributed by atoms with Gasteiger partial charge in [-0.2, -0.15) is 0 Å². The first-order chi connectivity index (χ1) is 14.4. The lowest BCUT2D eigenvalue weighted by Gasteiger charge is -2.17. The van der Waals surface area contributed by atoms with Crippen molar-refractivity contribution in [3.8, 4) is 0 Å². The number of allylic oxidation sites excluding steroid dienone is 2. The molecule has 3 aromatic carbocycles. The zero-order valence-electron chi connectivity index (χ0n) is 15.4. The van der Waals surface area contributed by atoms with Crippen LogP contribution in [0.3, 0.4) is 0 Å². The smallest absolute Gasteiger partial charge is 0.256 e. The number of fused-ring (bicyclic) bond motifs is 1. The maximum atomic E-state index is 12.7. The van der Waals surface area contributed by atoms with Crippen LogP contribution in [0.2, 0.25) is 0 Å². The van der Waals surface area contributed by atoms with Gasteiger partial charge in [0, 0.05) is 37.5 Å². The van der Waals surface area contributed by atoms with Crippen molar-refractivity contribution in [3.05, 3.63) is 104 Å². The van der Waals surface area contributed by atoms with Crippen LogP contribution in [0.25, 0.3) is 0 Å². The number of hydrogen-bond acceptors (Lipinski definition) is 4. The normalized spacial score (nSPS) is 12.8. The zero-order valence-corrected chi connectivity index (χ0v) is 18.6. The Kier molecular flexibility index (Phi) is 5.65. The average Bonchev–Trinajstić information content (AvgIpc) is 2.74. The predicted octanol–water partition coefficient (Wildman–Crippen LogP) is 5.84. The molecule has 148 valence electrons. The molecule has 0 saturated carbocycles. The highest BCUT2D eigenvalue weighted by Gasteiger charge is 2.25. The van der Waals surface area contributed by atoms with E-state index in [1.807, 2.05) is 6.07 Å². The van der Waals surface area contributed by atoms with Crippen molar-refractivity contribution < 1.29 is 14.4 Å². The lowest BCUT2D eigenvalue weighted by atomic mass is 9.92. The van der Waals surface area contributed by atoms with Crippen molar-refractivity contribution in [3.63, 3.8) is 0 Å². The molecule has 0 fully saturated rings. The fourth-order valence-corrected chi connectivity index (χ4v) is 3.90. The number of carbonyl (C=O) groups excluding carboxylic acids is 3. The first kappa shape index (κ1) is 20.3. The van der Waals surface area contributed by atoms with E-state index in [4.69, 9.17) is 0 Å². The molecular formula is C23H14Br2N2O3. The standard InChI is InChI=1S/C23H14Br2N2O3/c24-13-8-9-19(25)18(10-13)23(30)27-15-5-3-4-14(11-15)26-20-12-21(28)16-6-1-2-7-17(16)22(20)29/h1-12,26H,(H,27,30). The third kappa shape index (κ3) is 4.13. The summed E-state index contributed by atoms with van der Waals surface area (Å²) in [7, 11) is 0. The largest absolute Gasteiger partial charge is 0.352 e. The Morgan fingerprint density at radius 3 is 2.33 bits per heavy atom. The number of rotatable bonds is 4. The lowest BCUT2D eigenvalue weighted by molar-refractivity contribution is 0.0985. The molecule has 5 nitrogen and oxygen atoms in total. The SMILES string of the molecule is O=C(Nc1cccc(NC2=CC(=O)c3ccccc3C2=O)c1)c1cc(Br)ccc1Br. The van der Waals surface area contributed by atoms with E-state index in [0.717, 1.165) is 4.47 Å². The van der Waals surface area contributed by atoms with Crippen LogP contribution in [0.1, 0.15) is 31.1 Å². The van der Waals surface area contributed by atoms with Gasteiger partial charge in [-0.05, 0) is 52.3 Å². The summed E-state index contributed by atoms with van der Waals surface area (Å²) < 4.78 is 1.46. The Morgan fingerprint density at radius 1 is 0.800 bits per heavy atom. The monoisotopic (exact) mass is 524 g/mol. The first-order valence-electron chi connectivity index (χ1n) is 8.95. The molecule has 3 aromatic rings. The molecule has 0 aliphatic heterocycles. The van der Waals surface area contributed by atoms with Gasteiger partial charge >= 0.3 is 0 Å². The maximum Gasteiger partial charge on any atom is 0.256 e. The molecule has 30 heavy (non-hydrogen) atoms. The van der Waals surface area contributed by atoms with Gasteiger partial charge in [0.2, 0.25) is 5.78 Å². The molecule has 0 heterocycles. The van der Waals surface area contributed by atoms with Gasteiger partial charge in [0.15, 0.2) is 5.78 Å². The molecular weight excluding hydrogens is 512 g/mol. The molecule has 0 unspecified atom stereocenters. The minimum Gasteiger partial charge on any atom is -0.352 e. The third-order valence-electron chi connectivity index (χ3n) is 4.53. The van der Waals surface area contributed by atoms with Crippen LogP contribution < -0.4 is 10.6 Å². The van der Waals surface area contributed by atoms with Crippen molar-refractivity contribution in [2.24, 2.45) is 0 Å². The second-order valence-corrected chi connectivity index (χ2v) is 8.35. The predicted molar refractivity (Wildman–Crippen MR) is 123 cm³/mol. The molecule has 2 N–H and O–H groups in total. The minimum absolute atomic E-state index is 0.192. The number of benzene rings is 3. The van der Waals surface area contributed by atoms with E-state index < -0.39 is 0 Å². The van der Waals surface area contributed by atoms with Gasteiger partial charge in [0.05, 0.1) is 11.3 Å². The minimum atomic E-state index is -0.280. The van der Waals surface area contributed by atoms with Gasteiger partial charge in [-0.3, -0.25) is 14.4 Å². The van der Waals surface area contributed by atoms with Gasteiger partial charge < -0.3 is 10.6 Å². The van der Waals surface area contributed by atoms with Gasteiger partial charge in [-0.15, -0.1) is 0 Å². The first-order valence-corrected chi connectivity index (χ1v) is 10.5. The third-order valence-corrected chi connectivity index (χ3v) is 5.71. The Morgan fingerprint density at radius 2 is 1.53 bits per heavy atom. The van der Waals surface area contributed by atoms with E-state index in [1.54, 1.807) is 60.7 Å². The van der Waals surface area contributed by atoms with E-state index >= 15 is 0 Å². The fraction of sp³-hybridized carbons (Fsp3) is 0. The molecule has 7 heteroatoms. The molecule has 0 atom stereocenters. The maximum absolute atomic E-state index is 12.7. The second-order valence-electron chi connectivity index (χ2n) is 6.58. The van der Waals surface area contributed by atoms with E-state index in [1.165, 1.54) is 6.08 Å². The summed E-state index contributed by atoms with van der Waals surface area (Å²) in [4.78, 5) is 37.7. The number of Topliss-reactive ketones (excluding diaryl/α,β-unsaturated/α-hetero) is 1. The van der Waals surface area contributed by atoms with E-state index in [9.17, 15) is 14.4 Å². The van der Waals surface area contributed by atoms with Crippen LogP contribution in [0, 0.1) is 0 Å². The molecule has 0 bridgehead atoms. The average molecular weight is 526 g/mol. The molecule has 0 saturated heterocycles. The summed E-state index contributed by atoms with van der Waals surface area (Å²) in [6.07, 6.45) is 1.30. The molecule has 0 spiro atoms. The summed E-state index contributed by atoms with van der Waals surface area (Å²) in [5.41, 5.74) is 2.57. The molecule has 0 aromatic heterocycles. The Hall–Kier alpha value is -3.03. The van der Waals surface area contributed by atoms with E-state index in [2.05, 4.69) is 42.5 Å². The number of hydrogen-bond donors (Lipinski definition) is 2. The lowest BCUT2D eigenvalue weighted by Crippen LogP contribution is -2.21. The van der Waals surface area contributed by atoms with Crippen LogP contribution in [-0.4, -0.2) is 17.5 Å². The highest BCUT2D eigenvalue weighted by molar-refractivity contribution is 9.11. The summed E-state index contributed by atoms with van der Waals surface area (Å²) in [6, 6.07) is 19.0. The molecule has 1 amide bonds. The van der Waals surface area contributed by atoms with Crippen LogP contribution in [0.5, 0.6) is 0 Å². The zero-order chi connectivity index (χ0) is 21.3. The second kappa shape index (κ2) is 8.38. The van der Waals surface area contributed by atoms with Gasteiger partial charge in [-0.25, -0.2) is 0 Å². The number of amides is 1. The van der Waals surface area contributed by atoms with Crippen LogP contribution in [-0.2, 0) is 0 Å². The number of anilines is 2. The van der Waals surface area contributed by atoms with Crippen LogP contribution >= 0.6 is 31.9 Å². The van der Waals surface area contributed by atoms with Gasteiger partial charge in [-0.1, -0.05) is 46.3 Å². The molecule has 1 aliphatic rings. The van der Waals surface area contributed by atoms with Crippen molar-refractivity contribution in [2.45, 2.75) is 0 Å². The van der Waals surface area contributed by atoms with Crippen molar-refractivity contribution in [1.82, 2.24) is 0 Å². The summed E-state index contributed by atoms with van der Waals surface area (Å²) in [5, 5.41) is 5.84. The van der Waals surface area contributed by atoms with Gasteiger partial charge in [0.1, 0.15) is 0 Å². The Labute approximate surface area is 189 Å².